The average molecular weight is 243 g/mol. The highest BCUT2D eigenvalue weighted by Gasteiger charge is 2.19. The predicted molar refractivity (Wildman–Crippen MR) is 64.6 cm³/mol. The molecule has 0 saturated heterocycles. The van der Waals surface area contributed by atoms with Crippen LogP contribution in [0, 0.1) is 0 Å². The fourth-order valence-electron chi connectivity index (χ4n) is 1.91. The molecule has 0 saturated carbocycles. The van der Waals surface area contributed by atoms with Gasteiger partial charge >= 0.3 is 0 Å². The number of para-hydroxylation sites is 1. The number of alkyl halides is 2. The summed E-state index contributed by atoms with van der Waals surface area (Å²) in [6, 6.07) is 5.10. The Morgan fingerprint density at radius 2 is 1.71 bits per heavy atom. The third-order valence-corrected chi connectivity index (χ3v) is 2.57. The number of hydrogen-bond donors (Lipinski definition) is 1. The van der Waals surface area contributed by atoms with E-state index in [4.69, 9.17) is 4.74 Å². The van der Waals surface area contributed by atoms with E-state index in [9.17, 15) is 8.78 Å². The highest BCUT2D eigenvalue weighted by molar-refractivity contribution is 5.43. The van der Waals surface area contributed by atoms with E-state index < -0.39 is 6.43 Å². The SMILES string of the molecule is COc1c(C(F)F)cccc1[C@@H](C)NC(C)C. The molecule has 1 aromatic rings. The second kappa shape index (κ2) is 5.96. The van der Waals surface area contributed by atoms with Gasteiger partial charge in [0, 0.05) is 17.6 Å². The van der Waals surface area contributed by atoms with Crippen LogP contribution >= 0.6 is 0 Å². The molecule has 0 aliphatic rings. The molecule has 0 aromatic heterocycles. The van der Waals surface area contributed by atoms with E-state index in [1.165, 1.54) is 13.2 Å². The number of benzene rings is 1. The monoisotopic (exact) mass is 243 g/mol. The van der Waals surface area contributed by atoms with Crippen molar-refractivity contribution < 1.29 is 13.5 Å². The van der Waals surface area contributed by atoms with E-state index in [2.05, 4.69) is 5.32 Å². The van der Waals surface area contributed by atoms with Gasteiger partial charge in [-0.15, -0.1) is 0 Å². The summed E-state index contributed by atoms with van der Waals surface area (Å²) in [6.07, 6.45) is -2.52. The summed E-state index contributed by atoms with van der Waals surface area (Å²) in [4.78, 5) is 0. The number of ether oxygens (including phenoxy) is 1. The quantitative estimate of drug-likeness (QED) is 0.851. The van der Waals surface area contributed by atoms with Crippen LogP contribution in [0.5, 0.6) is 5.75 Å². The Kier molecular flexibility index (Phi) is 4.87. The minimum absolute atomic E-state index is 0.0244. The van der Waals surface area contributed by atoms with Gasteiger partial charge < -0.3 is 10.1 Å². The van der Waals surface area contributed by atoms with Crippen molar-refractivity contribution in [1.82, 2.24) is 5.32 Å². The molecule has 4 heteroatoms. The molecule has 17 heavy (non-hydrogen) atoms. The van der Waals surface area contributed by atoms with E-state index in [0.29, 0.717) is 0 Å². The van der Waals surface area contributed by atoms with Gasteiger partial charge in [0.2, 0.25) is 0 Å². The van der Waals surface area contributed by atoms with Crippen molar-refractivity contribution in [1.29, 1.82) is 0 Å². The second-order valence-electron chi connectivity index (χ2n) is 4.31. The molecule has 0 radical (unpaired) electrons. The molecule has 1 atom stereocenters. The summed E-state index contributed by atoms with van der Waals surface area (Å²) >= 11 is 0. The van der Waals surface area contributed by atoms with Crippen molar-refractivity contribution >= 4 is 0 Å². The van der Waals surface area contributed by atoms with Crippen LogP contribution in [0.4, 0.5) is 8.78 Å². The molecule has 96 valence electrons. The number of hydrogen-bond acceptors (Lipinski definition) is 2. The van der Waals surface area contributed by atoms with Crippen LogP contribution in [0.2, 0.25) is 0 Å². The number of rotatable bonds is 5. The first-order chi connectivity index (χ1) is 7.97. The van der Waals surface area contributed by atoms with Gasteiger partial charge in [-0.2, -0.15) is 0 Å². The fraction of sp³-hybridized carbons (Fsp3) is 0.538. The highest BCUT2D eigenvalue weighted by Crippen LogP contribution is 2.34. The fourth-order valence-corrected chi connectivity index (χ4v) is 1.91. The Morgan fingerprint density at radius 3 is 2.18 bits per heavy atom. The first-order valence-corrected chi connectivity index (χ1v) is 5.68. The summed E-state index contributed by atoms with van der Waals surface area (Å²) in [5, 5.41) is 3.27. The van der Waals surface area contributed by atoms with Crippen molar-refractivity contribution in [3.8, 4) is 5.75 Å². The summed E-state index contributed by atoms with van der Waals surface area (Å²) < 4.78 is 30.8. The van der Waals surface area contributed by atoms with Gasteiger partial charge in [-0.05, 0) is 13.0 Å². The lowest BCUT2D eigenvalue weighted by Gasteiger charge is -2.21. The van der Waals surface area contributed by atoms with Gasteiger partial charge in [-0.25, -0.2) is 8.78 Å². The first kappa shape index (κ1) is 13.9. The summed E-state index contributed by atoms with van der Waals surface area (Å²) in [7, 11) is 1.42. The number of nitrogens with one attached hydrogen (secondary N) is 1. The van der Waals surface area contributed by atoms with Crippen molar-refractivity contribution in [2.24, 2.45) is 0 Å². The molecule has 0 unspecified atom stereocenters. The molecule has 1 rings (SSSR count). The topological polar surface area (TPSA) is 21.3 Å². The minimum Gasteiger partial charge on any atom is -0.496 e. The number of methoxy groups -OCH3 is 1. The van der Waals surface area contributed by atoms with Crippen LogP contribution in [-0.2, 0) is 0 Å². The molecule has 1 aromatic carbocycles. The van der Waals surface area contributed by atoms with E-state index >= 15 is 0 Å². The largest absolute Gasteiger partial charge is 0.496 e. The zero-order chi connectivity index (χ0) is 13.0. The Hall–Kier alpha value is -1.16. The maximum absolute atomic E-state index is 12.8. The van der Waals surface area contributed by atoms with Crippen LogP contribution in [-0.4, -0.2) is 13.2 Å². The van der Waals surface area contributed by atoms with E-state index in [1.807, 2.05) is 26.8 Å². The molecule has 1 N–H and O–H groups in total. The lowest BCUT2D eigenvalue weighted by molar-refractivity contribution is 0.146. The first-order valence-electron chi connectivity index (χ1n) is 5.68. The molecule has 0 spiro atoms. The van der Waals surface area contributed by atoms with Crippen LogP contribution in [0.25, 0.3) is 0 Å². The van der Waals surface area contributed by atoms with E-state index in [-0.39, 0.29) is 23.4 Å². The maximum atomic E-state index is 12.8. The molecule has 0 aliphatic heterocycles. The second-order valence-corrected chi connectivity index (χ2v) is 4.31. The van der Waals surface area contributed by atoms with Crippen LogP contribution in [0.3, 0.4) is 0 Å². The Morgan fingerprint density at radius 1 is 1.12 bits per heavy atom. The zero-order valence-corrected chi connectivity index (χ0v) is 10.6. The lowest BCUT2D eigenvalue weighted by Crippen LogP contribution is -2.26. The standard InChI is InChI=1S/C13H19F2NO/c1-8(2)16-9(3)10-6-5-7-11(13(14)15)12(10)17-4/h5-9,13,16H,1-4H3/t9-/m1/s1. The molecule has 2 nitrogen and oxygen atoms in total. The van der Waals surface area contributed by atoms with Gasteiger partial charge in [0.25, 0.3) is 6.43 Å². The van der Waals surface area contributed by atoms with Crippen LogP contribution in [0.1, 0.15) is 44.4 Å². The molecular formula is C13H19F2NO. The van der Waals surface area contributed by atoms with Crippen molar-refractivity contribution in [2.45, 2.75) is 39.3 Å². The number of halogens is 2. The molecule has 0 bridgehead atoms. The third-order valence-electron chi connectivity index (χ3n) is 2.57. The molecular weight excluding hydrogens is 224 g/mol. The van der Waals surface area contributed by atoms with Crippen LogP contribution < -0.4 is 10.1 Å². The highest BCUT2D eigenvalue weighted by atomic mass is 19.3. The minimum atomic E-state index is -2.52. The van der Waals surface area contributed by atoms with Gasteiger partial charge in [0.15, 0.2) is 0 Å². The average Bonchev–Trinajstić information content (AvgIpc) is 2.26. The third kappa shape index (κ3) is 3.40. The Bertz CT molecular complexity index is 366. The molecule has 0 aliphatic carbocycles. The predicted octanol–water partition coefficient (Wildman–Crippen LogP) is 3.69. The Labute approximate surface area is 101 Å². The van der Waals surface area contributed by atoms with E-state index in [1.54, 1.807) is 6.07 Å². The molecule has 0 heterocycles. The van der Waals surface area contributed by atoms with E-state index in [0.717, 1.165) is 5.56 Å². The van der Waals surface area contributed by atoms with Crippen molar-refractivity contribution in [3.63, 3.8) is 0 Å². The normalized spacial score (nSPS) is 13.2. The smallest absolute Gasteiger partial charge is 0.267 e. The van der Waals surface area contributed by atoms with Gasteiger partial charge in [-0.3, -0.25) is 0 Å². The van der Waals surface area contributed by atoms with Crippen molar-refractivity contribution in [3.05, 3.63) is 29.3 Å². The van der Waals surface area contributed by atoms with Gasteiger partial charge in [0.05, 0.1) is 12.7 Å². The molecule has 0 fully saturated rings. The van der Waals surface area contributed by atoms with Crippen LogP contribution in [0.15, 0.2) is 18.2 Å². The summed E-state index contributed by atoms with van der Waals surface area (Å²) in [5.41, 5.74) is 0.710. The molecule has 0 amide bonds. The Balaban J connectivity index is 3.10. The summed E-state index contributed by atoms with van der Waals surface area (Å²) in [5.74, 6) is 0.281. The maximum Gasteiger partial charge on any atom is 0.267 e. The van der Waals surface area contributed by atoms with Gasteiger partial charge in [-0.1, -0.05) is 26.0 Å². The summed E-state index contributed by atoms with van der Waals surface area (Å²) in [6.45, 7) is 5.97. The van der Waals surface area contributed by atoms with Gasteiger partial charge in [0.1, 0.15) is 5.75 Å². The van der Waals surface area contributed by atoms with Crippen molar-refractivity contribution in [2.75, 3.05) is 7.11 Å². The zero-order valence-electron chi connectivity index (χ0n) is 10.6. The lowest BCUT2D eigenvalue weighted by atomic mass is 10.0.